The largest absolute Gasteiger partial charge is 0.337 e. The minimum absolute atomic E-state index is 0.416. The number of hydrogen-bond acceptors (Lipinski definition) is 2. The van der Waals surface area contributed by atoms with Crippen molar-refractivity contribution in [3.8, 4) is 0 Å². The summed E-state index contributed by atoms with van der Waals surface area (Å²) in [6.45, 7) is 4.25. The van der Waals surface area contributed by atoms with Crippen molar-refractivity contribution < 1.29 is 0 Å². The fraction of sp³-hybridized carbons (Fsp3) is 0.357. The molecular weight excluding hydrogens is 210 g/mol. The zero-order chi connectivity index (χ0) is 11.9. The summed E-state index contributed by atoms with van der Waals surface area (Å²) in [4.78, 5) is 4.03. The number of benzene rings is 1. The van der Waals surface area contributed by atoms with Crippen LogP contribution in [0.1, 0.15) is 24.9 Å². The van der Waals surface area contributed by atoms with Gasteiger partial charge in [-0.05, 0) is 25.5 Å². The molecule has 0 fully saturated rings. The van der Waals surface area contributed by atoms with E-state index in [1.807, 2.05) is 18.7 Å². The van der Waals surface area contributed by atoms with E-state index in [0.29, 0.717) is 6.04 Å². The molecule has 0 amide bonds. The predicted octanol–water partition coefficient (Wildman–Crippen LogP) is 2.62. The van der Waals surface area contributed by atoms with Crippen LogP contribution in [-0.2, 0) is 6.54 Å². The quantitative estimate of drug-likeness (QED) is 0.772. The monoisotopic (exact) mass is 229 g/mol. The van der Waals surface area contributed by atoms with Gasteiger partial charge < -0.3 is 9.88 Å². The fourth-order valence-electron chi connectivity index (χ4n) is 1.86. The molecule has 1 atom stereocenters. The van der Waals surface area contributed by atoms with Crippen molar-refractivity contribution in [1.29, 1.82) is 0 Å². The Balaban J connectivity index is 1.68. The minimum atomic E-state index is 0.416. The van der Waals surface area contributed by atoms with E-state index >= 15 is 0 Å². The van der Waals surface area contributed by atoms with E-state index in [-0.39, 0.29) is 0 Å². The Morgan fingerprint density at radius 1 is 1.29 bits per heavy atom. The van der Waals surface area contributed by atoms with Crippen molar-refractivity contribution in [2.24, 2.45) is 0 Å². The maximum Gasteiger partial charge on any atom is 0.0945 e. The van der Waals surface area contributed by atoms with Crippen molar-refractivity contribution in [2.45, 2.75) is 25.9 Å². The van der Waals surface area contributed by atoms with E-state index in [4.69, 9.17) is 0 Å². The van der Waals surface area contributed by atoms with Crippen molar-refractivity contribution in [2.75, 3.05) is 6.54 Å². The van der Waals surface area contributed by atoms with Gasteiger partial charge in [-0.15, -0.1) is 0 Å². The van der Waals surface area contributed by atoms with Gasteiger partial charge in [-0.2, -0.15) is 0 Å². The first-order valence-corrected chi connectivity index (χ1v) is 6.10. The summed E-state index contributed by atoms with van der Waals surface area (Å²) in [5.74, 6) is 0. The molecule has 0 aliphatic heterocycles. The van der Waals surface area contributed by atoms with Crippen LogP contribution in [0, 0.1) is 0 Å². The van der Waals surface area contributed by atoms with Crippen LogP contribution in [0.2, 0.25) is 0 Å². The van der Waals surface area contributed by atoms with E-state index in [0.717, 1.165) is 19.5 Å². The molecule has 1 heterocycles. The highest BCUT2D eigenvalue weighted by Gasteiger charge is 2.02. The number of aryl methyl sites for hydroxylation is 1. The lowest BCUT2D eigenvalue weighted by Crippen LogP contribution is -2.20. The molecule has 2 aromatic rings. The SMILES string of the molecule is CC(NCCCn1ccnc1)c1ccccc1. The molecule has 17 heavy (non-hydrogen) atoms. The molecule has 1 aromatic heterocycles. The Labute approximate surface area is 103 Å². The molecule has 2 rings (SSSR count). The molecule has 0 saturated heterocycles. The first kappa shape index (κ1) is 11.9. The van der Waals surface area contributed by atoms with Crippen molar-refractivity contribution in [3.63, 3.8) is 0 Å². The van der Waals surface area contributed by atoms with Crippen molar-refractivity contribution >= 4 is 0 Å². The van der Waals surface area contributed by atoms with E-state index in [1.54, 1.807) is 0 Å². The van der Waals surface area contributed by atoms with Gasteiger partial charge in [0.2, 0.25) is 0 Å². The van der Waals surface area contributed by atoms with Crippen LogP contribution >= 0.6 is 0 Å². The smallest absolute Gasteiger partial charge is 0.0945 e. The van der Waals surface area contributed by atoms with Gasteiger partial charge in [0, 0.05) is 25.0 Å². The first-order chi connectivity index (χ1) is 8.36. The second-order valence-electron chi connectivity index (χ2n) is 4.24. The average Bonchev–Trinajstić information content (AvgIpc) is 2.88. The van der Waals surface area contributed by atoms with Gasteiger partial charge in [0.05, 0.1) is 6.33 Å². The van der Waals surface area contributed by atoms with Crippen LogP contribution in [0.4, 0.5) is 0 Å². The number of nitrogens with one attached hydrogen (secondary N) is 1. The standard InChI is InChI=1S/C14H19N3/c1-13(14-6-3-2-4-7-14)16-8-5-10-17-11-9-15-12-17/h2-4,6-7,9,11-13,16H,5,8,10H2,1H3. The molecule has 1 aromatic carbocycles. The molecule has 0 bridgehead atoms. The Hall–Kier alpha value is -1.61. The predicted molar refractivity (Wildman–Crippen MR) is 69.7 cm³/mol. The molecule has 90 valence electrons. The van der Waals surface area contributed by atoms with Gasteiger partial charge >= 0.3 is 0 Å². The molecule has 1 unspecified atom stereocenters. The molecule has 0 saturated carbocycles. The third kappa shape index (κ3) is 3.71. The van der Waals surface area contributed by atoms with Gasteiger partial charge in [-0.25, -0.2) is 4.98 Å². The molecule has 0 aliphatic carbocycles. The topological polar surface area (TPSA) is 29.9 Å². The fourth-order valence-corrected chi connectivity index (χ4v) is 1.86. The van der Waals surface area contributed by atoms with E-state index in [1.165, 1.54) is 5.56 Å². The summed E-state index contributed by atoms with van der Waals surface area (Å²) in [6, 6.07) is 11.0. The summed E-state index contributed by atoms with van der Waals surface area (Å²) in [6.07, 6.45) is 6.80. The number of hydrogen-bond donors (Lipinski definition) is 1. The Bertz CT molecular complexity index is 408. The zero-order valence-corrected chi connectivity index (χ0v) is 10.2. The molecule has 3 heteroatoms. The van der Waals surface area contributed by atoms with Crippen LogP contribution in [0.25, 0.3) is 0 Å². The van der Waals surface area contributed by atoms with Crippen LogP contribution in [-0.4, -0.2) is 16.1 Å². The summed E-state index contributed by atoms with van der Waals surface area (Å²) in [5, 5.41) is 3.53. The lowest BCUT2D eigenvalue weighted by Gasteiger charge is -2.14. The molecule has 0 spiro atoms. The number of imidazole rings is 1. The molecule has 1 N–H and O–H groups in total. The zero-order valence-electron chi connectivity index (χ0n) is 10.2. The maximum atomic E-state index is 4.03. The van der Waals surface area contributed by atoms with E-state index < -0.39 is 0 Å². The van der Waals surface area contributed by atoms with Crippen LogP contribution in [0.15, 0.2) is 49.1 Å². The van der Waals surface area contributed by atoms with E-state index in [2.05, 4.69) is 52.1 Å². The number of nitrogens with zero attached hydrogens (tertiary/aromatic N) is 2. The Morgan fingerprint density at radius 3 is 2.82 bits per heavy atom. The normalized spacial score (nSPS) is 12.5. The molecule has 3 nitrogen and oxygen atoms in total. The lowest BCUT2D eigenvalue weighted by molar-refractivity contribution is 0.526. The van der Waals surface area contributed by atoms with Crippen molar-refractivity contribution in [3.05, 3.63) is 54.6 Å². The maximum absolute atomic E-state index is 4.03. The molecular formula is C14H19N3. The highest BCUT2D eigenvalue weighted by atomic mass is 15.0. The third-order valence-corrected chi connectivity index (χ3v) is 2.90. The van der Waals surface area contributed by atoms with Gasteiger partial charge in [0.15, 0.2) is 0 Å². The lowest BCUT2D eigenvalue weighted by atomic mass is 10.1. The Morgan fingerprint density at radius 2 is 2.12 bits per heavy atom. The summed E-state index contributed by atoms with van der Waals surface area (Å²) >= 11 is 0. The Kier molecular flexibility index (Phi) is 4.33. The van der Waals surface area contributed by atoms with Gasteiger partial charge in [0.1, 0.15) is 0 Å². The van der Waals surface area contributed by atoms with Crippen LogP contribution in [0.3, 0.4) is 0 Å². The highest BCUT2D eigenvalue weighted by Crippen LogP contribution is 2.10. The highest BCUT2D eigenvalue weighted by molar-refractivity contribution is 5.17. The number of rotatable bonds is 6. The molecule has 0 aliphatic rings. The second kappa shape index (κ2) is 6.21. The first-order valence-electron chi connectivity index (χ1n) is 6.10. The minimum Gasteiger partial charge on any atom is -0.337 e. The summed E-state index contributed by atoms with van der Waals surface area (Å²) in [5.41, 5.74) is 1.34. The van der Waals surface area contributed by atoms with Crippen LogP contribution in [0.5, 0.6) is 0 Å². The third-order valence-electron chi connectivity index (χ3n) is 2.90. The van der Waals surface area contributed by atoms with Gasteiger partial charge in [0.25, 0.3) is 0 Å². The van der Waals surface area contributed by atoms with Gasteiger partial charge in [-0.3, -0.25) is 0 Å². The molecule has 0 radical (unpaired) electrons. The van der Waals surface area contributed by atoms with Crippen molar-refractivity contribution in [1.82, 2.24) is 14.9 Å². The van der Waals surface area contributed by atoms with Crippen LogP contribution < -0.4 is 5.32 Å². The number of aromatic nitrogens is 2. The van der Waals surface area contributed by atoms with E-state index in [9.17, 15) is 0 Å². The van der Waals surface area contributed by atoms with Gasteiger partial charge in [-0.1, -0.05) is 30.3 Å². The average molecular weight is 229 g/mol. The summed E-state index contributed by atoms with van der Waals surface area (Å²) in [7, 11) is 0. The second-order valence-corrected chi connectivity index (χ2v) is 4.24. The summed E-state index contributed by atoms with van der Waals surface area (Å²) < 4.78 is 2.11.